The molecule has 1 saturated carbocycles. The van der Waals surface area contributed by atoms with E-state index in [1.54, 1.807) is 0 Å². The molecule has 0 saturated heterocycles. The first-order chi connectivity index (χ1) is 8.25. The highest BCUT2D eigenvalue weighted by Gasteiger charge is 2.13. The molecule has 4 nitrogen and oxygen atoms in total. The largest absolute Gasteiger partial charge is 0.337 e. The highest BCUT2D eigenvalue weighted by molar-refractivity contribution is 4.90. The molecule has 1 aromatic rings. The van der Waals surface area contributed by atoms with Crippen LogP contribution in [-0.4, -0.2) is 40.6 Å². The summed E-state index contributed by atoms with van der Waals surface area (Å²) >= 11 is 0. The molecule has 1 N–H and O–H groups in total. The molecule has 0 unspecified atom stereocenters. The van der Waals surface area contributed by atoms with Crippen molar-refractivity contribution >= 4 is 0 Å². The monoisotopic (exact) mass is 236 g/mol. The van der Waals surface area contributed by atoms with Gasteiger partial charge in [-0.05, 0) is 19.9 Å². The summed E-state index contributed by atoms with van der Waals surface area (Å²) in [7, 11) is 4.21. The molecule has 2 rings (SSSR count). The number of hydrogen-bond donors (Lipinski definition) is 1. The molecule has 1 aromatic heterocycles. The highest BCUT2D eigenvalue weighted by Crippen LogP contribution is 2.17. The van der Waals surface area contributed by atoms with Crippen LogP contribution in [0.4, 0.5) is 0 Å². The SMILES string of the molecule is CN(CCNC1CCCC1)Cc1nccn1C. The summed E-state index contributed by atoms with van der Waals surface area (Å²) in [5.74, 6) is 1.13. The summed E-state index contributed by atoms with van der Waals surface area (Å²) in [5, 5.41) is 3.64. The Morgan fingerprint density at radius 1 is 1.47 bits per heavy atom. The minimum Gasteiger partial charge on any atom is -0.337 e. The van der Waals surface area contributed by atoms with E-state index in [2.05, 4.69) is 26.8 Å². The van der Waals surface area contributed by atoms with Crippen molar-refractivity contribution in [3.8, 4) is 0 Å². The van der Waals surface area contributed by atoms with Crippen LogP contribution in [0, 0.1) is 0 Å². The van der Waals surface area contributed by atoms with Crippen molar-refractivity contribution < 1.29 is 0 Å². The van der Waals surface area contributed by atoms with Gasteiger partial charge in [0.05, 0.1) is 6.54 Å². The van der Waals surface area contributed by atoms with Gasteiger partial charge >= 0.3 is 0 Å². The Hall–Kier alpha value is -0.870. The van der Waals surface area contributed by atoms with Crippen LogP contribution in [0.1, 0.15) is 31.5 Å². The number of likely N-dealkylation sites (N-methyl/N-ethyl adjacent to an activating group) is 1. The topological polar surface area (TPSA) is 33.1 Å². The van der Waals surface area contributed by atoms with Gasteiger partial charge in [-0.15, -0.1) is 0 Å². The maximum absolute atomic E-state index is 4.34. The summed E-state index contributed by atoms with van der Waals surface area (Å²) in [6.45, 7) is 3.10. The Morgan fingerprint density at radius 2 is 2.24 bits per heavy atom. The minimum atomic E-state index is 0.775. The van der Waals surface area contributed by atoms with Crippen LogP contribution >= 0.6 is 0 Å². The molecular weight excluding hydrogens is 212 g/mol. The summed E-state index contributed by atoms with van der Waals surface area (Å²) in [5.41, 5.74) is 0. The van der Waals surface area contributed by atoms with E-state index in [4.69, 9.17) is 0 Å². The minimum absolute atomic E-state index is 0.775. The first kappa shape index (κ1) is 12.6. The first-order valence-electron chi connectivity index (χ1n) is 6.64. The fourth-order valence-electron chi connectivity index (χ4n) is 2.46. The first-order valence-corrected chi connectivity index (χ1v) is 6.64. The Labute approximate surface area is 104 Å². The predicted molar refractivity (Wildman–Crippen MR) is 69.8 cm³/mol. The van der Waals surface area contributed by atoms with E-state index in [1.165, 1.54) is 25.7 Å². The number of aromatic nitrogens is 2. The van der Waals surface area contributed by atoms with Gasteiger partial charge < -0.3 is 9.88 Å². The van der Waals surface area contributed by atoms with Crippen LogP contribution in [0.25, 0.3) is 0 Å². The average molecular weight is 236 g/mol. The fourth-order valence-corrected chi connectivity index (χ4v) is 2.46. The molecule has 1 aliphatic rings. The molecule has 1 aliphatic carbocycles. The number of rotatable bonds is 6. The summed E-state index contributed by atoms with van der Waals surface area (Å²) in [4.78, 5) is 6.67. The van der Waals surface area contributed by atoms with Crippen molar-refractivity contribution in [2.75, 3.05) is 20.1 Å². The third-order valence-corrected chi connectivity index (χ3v) is 3.61. The van der Waals surface area contributed by atoms with E-state index in [9.17, 15) is 0 Å². The van der Waals surface area contributed by atoms with Crippen molar-refractivity contribution in [3.63, 3.8) is 0 Å². The molecule has 4 heteroatoms. The maximum atomic E-state index is 4.34. The molecule has 0 spiro atoms. The molecule has 17 heavy (non-hydrogen) atoms. The Morgan fingerprint density at radius 3 is 2.88 bits per heavy atom. The van der Waals surface area contributed by atoms with Crippen molar-refractivity contribution in [2.24, 2.45) is 7.05 Å². The Bertz CT molecular complexity index is 328. The van der Waals surface area contributed by atoms with E-state index in [1.807, 2.05) is 19.4 Å². The smallest absolute Gasteiger partial charge is 0.122 e. The number of nitrogens with zero attached hydrogens (tertiary/aromatic N) is 3. The number of aryl methyl sites for hydroxylation is 1. The molecule has 0 aromatic carbocycles. The quantitative estimate of drug-likeness (QED) is 0.810. The van der Waals surface area contributed by atoms with Crippen molar-refractivity contribution in [3.05, 3.63) is 18.2 Å². The normalized spacial score (nSPS) is 17.1. The number of imidazole rings is 1. The maximum Gasteiger partial charge on any atom is 0.122 e. The van der Waals surface area contributed by atoms with Crippen LogP contribution in [0.3, 0.4) is 0 Å². The zero-order chi connectivity index (χ0) is 12.1. The highest BCUT2D eigenvalue weighted by atomic mass is 15.2. The summed E-state index contributed by atoms with van der Waals surface area (Å²) in [6, 6.07) is 0.775. The predicted octanol–water partition coefficient (Wildman–Crippen LogP) is 1.38. The molecule has 96 valence electrons. The zero-order valence-electron chi connectivity index (χ0n) is 11.0. The van der Waals surface area contributed by atoms with E-state index in [0.29, 0.717) is 0 Å². The van der Waals surface area contributed by atoms with Crippen LogP contribution in [-0.2, 0) is 13.6 Å². The van der Waals surface area contributed by atoms with E-state index in [-0.39, 0.29) is 0 Å². The molecular formula is C13H24N4. The van der Waals surface area contributed by atoms with Crippen LogP contribution < -0.4 is 5.32 Å². The lowest BCUT2D eigenvalue weighted by Gasteiger charge is -2.18. The lowest BCUT2D eigenvalue weighted by molar-refractivity contribution is 0.306. The van der Waals surface area contributed by atoms with Gasteiger partial charge in [0.2, 0.25) is 0 Å². The van der Waals surface area contributed by atoms with Crippen molar-refractivity contribution in [2.45, 2.75) is 38.3 Å². The van der Waals surface area contributed by atoms with E-state index < -0.39 is 0 Å². The van der Waals surface area contributed by atoms with Gasteiger partial charge in [0.15, 0.2) is 0 Å². The standard InChI is InChI=1S/C13H24N4/c1-16(11-13-15-8-10-17(13)2)9-7-14-12-5-3-4-6-12/h8,10,12,14H,3-7,9,11H2,1-2H3. The van der Waals surface area contributed by atoms with Gasteiger partial charge in [0, 0.05) is 38.6 Å². The number of nitrogens with one attached hydrogen (secondary N) is 1. The molecule has 1 heterocycles. The van der Waals surface area contributed by atoms with Gasteiger partial charge in [0.1, 0.15) is 5.82 Å². The molecule has 0 radical (unpaired) electrons. The second kappa shape index (κ2) is 6.17. The van der Waals surface area contributed by atoms with Crippen LogP contribution in [0.2, 0.25) is 0 Å². The molecule has 0 bridgehead atoms. The van der Waals surface area contributed by atoms with Gasteiger partial charge in [0.25, 0.3) is 0 Å². The van der Waals surface area contributed by atoms with E-state index >= 15 is 0 Å². The third-order valence-electron chi connectivity index (χ3n) is 3.61. The molecule has 0 aliphatic heterocycles. The number of hydrogen-bond acceptors (Lipinski definition) is 3. The average Bonchev–Trinajstić information content (AvgIpc) is 2.92. The zero-order valence-corrected chi connectivity index (χ0v) is 11.0. The fraction of sp³-hybridized carbons (Fsp3) is 0.769. The second-order valence-electron chi connectivity index (χ2n) is 5.13. The lowest BCUT2D eigenvalue weighted by Crippen LogP contribution is -2.34. The van der Waals surface area contributed by atoms with Crippen molar-refractivity contribution in [1.29, 1.82) is 0 Å². The van der Waals surface area contributed by atoms with Crippen LogP contribution in [0.5, 0.6) is 0 Å². The van der Waals surface area contributed by atoms with Gasteiger partial charge in [-0.2, -0.15) is 0 Å². The van der Waals surface area contributed by atoms with Gasteiger partial charge in [-0.1, -0.05) is 12.8 Å². The lowest BCUT2D eigenvalue weighted by atomic mass is 10.2. The third kappa shape index (κ3) is 3.82. The van der Waals surface area contributed by atoms with Crippen LogP contribution in [0.15, 0.2) is 12.4 Å². The van der Waals surface area contributed by atoms with Crippen molar-refractivity contribution in [1.82, 2.24) is 19.8 Å². The van der Waals surface area contributed by atoms with E-state index in [0.717, 1.165) is 31.5 Å². The second-order valence-corrected chi connectivity index (χ2v) is 5.13. The molecule has 0 atom stereocenters. The molecule has 0 amide bonds. The summed E-state index contributed by atoms with van der Waals surface area (Å²) < 4.78 is 2.08. The summed E-state index contributed by atoms with van der Waals surface area (Å²) in [6.07, 6.45) is 9.40. The Balaban J connectivity index is 1.63. The van der Waals surface area contributed by atoms with Gasteiger partial charge in [-0.25, -0.2) is 4.98 Å². The molecule has 1 fully saturated rings. The van der Waals surface area contributed by atoms with Gasteiger partial charge in [-0.3, -0.25) is 4.90 Å². The Kier molecular flexibility index (Phi) is 4.57.